The van der Waals surface area contributed by atoms with Crippen molar-refractivity contribution in [2.45, 2.75) is 12.7 Å². The van der Waals surface area contributed by atoms with E-state index >= 15 is 0 Å². The second-order valence-electron chi connectivity index (χ2n) is 6.83. The molecular formula is C21H23F3N2O3. The molecule has 1 aliphatic rings. The van der Waals surface area contributed by atoms with E-state index in [1.807, 2.05) is 24.3 Å². The summed E-state index contributed by atoms with van der Waals surface area (Å²) in [6.07, 6.45) is -4.40. The molecule has 0 N–H and O–H groups in total. The molecule has 5 nitrogen and oxygen atoms in total. The van der Waals surface area contributed by atoms with Gasteiger partial charge >= 0.3 is 6.18 Å². The zero-order valence-electron chi connectivity index (χ0n) is 16.1. The first-order valence-corrected chi connectivity index (χ1v) is 9.28. The van der Waals surface area contributed by atoms with Crippen LogP contribution in [0.2, 0.25) is 0 Å². The molecule has 1 fully saturated rings. The number of carbonyl (C=O) groups excluding carboxylic acids is 1. The summed E-state index contributed by atoms with van der Waals surface area (Å²) >= 11 is 0. The fourth-order valence-electron chi connectivity index (χ4n) is 2.99. The van der Waals surface area contributed by atoms with E-state index in [1.54, 1.807) is 7.05 Å². The minimum Gasteiger partial charge on any atom is -0.484 e. The first kappa shape index (κ1) is 21.0. The summed E-state index contributed by atoms with van der Waals surface area (Å²) in [6.45, 7) is 3.33. The van der Waals surface area contributed by atoms with Crippen molar-refractivity contribution in [3.8, 4) is 5.75 Å². The van der Waals surface area contributed by atoms with Gasteiger partial charge in [0.25, 0.3) is 5.91 Å². The Hall–Kier alpha value is -2.74. The minimum absolute atomic E-state index is 0.217. The number of ether oxygens (including phenoxy) is 2. The van der Waals surface area contributed by atoms with Crippen molar-refractivity contribution in [1.82, 2.24) is 4.90 Å². The molecule has 2 aromatic rings. The van der Waals surface area contributed by atoms with Crippen LogP contribution in [0.4, 0.5) is 18.9 Å². The summed E-state index contributed by atoms with van der Waals surface area (Å²) in [6, 6.07) is 12.3. The molecule has 1 heterocycles. The third-order valence-electron chi connectivity index (χ3n) is 4.70. The highest BCUT2D eigenvalue weighted by atomic mass is 19.4. The van der Waals surface area contributed by atoms with Gasteiger partial charge in [-0.25, -0.2) is 0 Å². The number of rotatable bonds is 6. The van der Waals surface area contributed by atoms with Gasteiger partial charge in [-0.3, -0.25) is 4.79 Å². The number of nitrogens with zero attached hydrogens (tertiary/aromatic N) is 2. The Bertz CT molecular complexity index is 801. The van der Waals surface area contributed by atoms with Crippen LogP contribution in [0, 0.1) is 0 Å². The van der Waals surface area contributed by atoms with E-state index in [-0.39, 0.29) is 18.3 Å². The maximum Gasteiger partial charge on any atom is 0.416 e. The molecule has 0 bridgehead atoms. The second kappa shape index (κ2) is 9.17. The van der Waals surface area contributed by atoms with Crippen LogP contribution in [0.5, 0.6) is 5.75 Å². The van der Waals surface area contributed by atoms with Crippen molar-refractivity contribution in [2.24, 2.45) is 0 Å². The smallest absolute Gasteiger partial charge is 0.416 e. The van der Waals surface area contributed by atoms with E-state index in [0.717, 1.165) is 49.7 Å². The third kappa shape index (κ3) is 5.87. The van der Waals surface area contributed by atoms with Crippen LogP contribution in [-0.2, 0) is 22.3 Å². The van der Waals surface area contributed by atoms with Crippen LogP contribution in [0.3, 0.4) is 0 Å². The van der Waals surface area contributed by atoms with Gasteiger partial charge < -0.3 is 19.3 Å². The fourth-order valence-corrected chi connectivity index (χ4v) is 2.99. The first-order chi connectivity index (χ1) is 13.8. The average Bonchev–Trinajstić information content (AvgIpc) is 2.73. The van der Waals surface area contributed by atoms with Crippen LogP contribution in [0.25, 0.3) is 0 Å². The third-order valence-corrected chi connectivity index (χ3v) is 4.70. The van der Waals surface area contributed by atoms with E-state index in [0.29, 0.717) is 6.54 Å². The molecule has 156 valence electrons. The molecule has 0 unspecified atom stereocenters. The quantitative estimate of drug-likeness (QED) is 0.733. The number of morpholine rings is 1. The van der Waals surface area contributed by atoms with E-state index in [1.165, 1.54) is 17.0 Å². The lowest BCUT2D eigenvalue weighted by atomic mass is 10.1. The van der Waals surface area contributed by atoms with Gasteiger partial charge in [0.1, 0.15) is 5.75 Å². The number of hydrogen-bond acceptors (Lipinski definition) is 4. The van der Waals surface area contributed by atoms with Crippen LogP contribution >= 0.6 is 0 Å². The molecule has 0 aliphatic carbocycles. The molecule has 0 radical (unpaired) electrons. The molecule has 1 aliphatic heterocycles. The lowest BCUT2D eigenvalue weighted by Gasteiger charge is -2.29. The van der Waals surface area contributed by atoms with Gasteiger partial charge in [0.15, 0.2) is 6.61 Å². The molecule has 1 amide bonds. The molecular weight excluding hydrogens is 385 g/mol. The largest absolute Gasteiger partial charge is 0.484 e. The van der Waals surface area contributed by atoms with E-state index in [2.05, 4.69) is 4.90 Å². The Morgan fingerprint density at radius 2 is 1.69 bits per heavy atom. The zero-order chi connectivity index (χ0) is 20.9. The van der Waals surface area contributed by atoms with Crippen molar-refractivity contribution < 1.29 is 27.4 Å². The lowest BCUT2D eigenvalue weighted by Crippen LogP contribution is -2.36. The lowest BCUT2D eigenvalue weighted by molar-refractivity contribution is -0.137. The van der Waals surface area contributed by atoms with E-state index < -0.39 is 11.7 Å². The highest BCUT2D eigenvalue weighted by molar-refractivity contribution is 5.77. The fraction of sp³-hybridized carbons (Fsp3) is 0.381. The molecule has 0 aromatic heterocycles. The normalized spacial score (nSPS) is 14.6. The Morgan fingerprint density at radius 3 is 2.28 bits per heavy atom. The molecule has 8 heteroatoms. The van der Waals surface area contributed by atoms with Gasteiger partial charge in [-0.1, -0.05) is 12.1 Å². The summed E-state index contributed by atoms with van der Waals surface area (Å²) in [5, 5.41) is 0. The predicted octanol–water partition coefficient (Wildman–Crippen LogP) is 3.58. The van der Waals surface area contributed by atoms with E-state index in [4.69, 9.17) is 9.47 Å². The number of carbonyl (C=O) groups is 1. The second-order valence-corrected chi connectivity index (χ2v) is 6.83. The Morgan fingerprint density at radius 1 is 1.07 bits per heavy atom. The van der Waals surface area contributed by atoms with Crippen molar-refractivity contribution in [2.75, 3.05) is 44.9 Å². The van der Waals surface area contributed by atoms with Crippen molar-refractivity contribution in [1.29, 1.82) is 0 Å². The first-order valence-electron chi connectivity index (χ1n) is 9.28. The average molecular weight is 408 g/mol. The Balaban J connectivity index is 1.48. The van der Waals surface area contributed by atoms with Gasteiger partial charge in [-0.15, -0.1) is 0 Å². The predicted molar refractivity (Wildman–Crippen MR) is 103 cm³/mol. The van der Waals surface area contributed by atoms with Crippen molar-refractivity contribution >= 4 is 11.6 Å². The van der Waals surface area contributed by atoms with Gasteiger partial charge in [-0.05, 0) is 42.0 Å². The van der Waals surface area contributed by atoms with Crippen LogP contribution in [0.15, 0.2) is 48.5 Å². The highest BCUT2D eigenvalue weighted by Gasteiger charge is 2.30. The number of halogens is 3. The summed E-state index contributed by atoms with van der Waals surface area (Å²) in [7, 11) is 1.66. The number of alkyl halides is 3. The number of likely N-dealkylation sites (N-methyl/N-ethyl adjacent to an activating group) is 1. The molecule has 2 aromatic carbocycles. The molecule has 0 spiro atoms. The highest BCUT2D eigenvalue weighted by Crippen LogP contribution is 2.30. The zero-order valence-corrected chi connectivity index (χ0v) is 16.1. The summed E-state index contributed by atoms with van der Waals surface area (Å²) in [4.78, 5) is 16.0. The van der Waals surface area contributed by atoms with Crippen LogP contribution in [-0.4, -0.2) is 50.8 Å². The SMILES string of the molecule is CN(Cc1ccc(N2CCOCC2)cc1)C(=O)COc1ccc(C(F)(F)F)cc1. The summed E-state index contributed by atoms with van der Waals surface area (Å²) < 4.78 is 48.4. The number of amides is 1. The molecule has 0 saturated carbocycles. The van der Waals surface area contributed by atoms with Gasteiger partial charge in [0, 0.05) is 32.4 Å². The van der Waals surface area contributed by atoms with Crippen molar-refractivity contribution in [3.63, 3.8) is 0 Å². The molecule has 29 heavy (non-hydrogen) atoms. The minimum atomic E-state index is -4.40. The van der Waals surface area contributed by atoms with Gasteiger partial charge in [-0.2, -0.15) is 13.2 Å². The van der Waals surface area contributed by atoms with Crippen LogP contribution in [0.1, 0.15) is 11.1 Å². The number of anilines is 1. The summed E-state index contributed by atoms with van der Waals surface area (Å²) in [5.74, 6) is -0.0447. The maximum atomic E-state index is 12.6. The molecule has 1 saturated heterocycles. The van der Waals surface area contributed by atoms with Gasteiger partial charge in [0.2, 0.25) is 0 Å². The number of hydrogen-bond donors (Lipinski definition) is 0. The van der Waals surface area contributed by atoms with Gasteiger partial charge in [0.05, 0.1) is 18.8 Å². The maximum absolute atomic E-state index is 12.6. The molecule has 0 atom stereocenters. The monoisotopic (exact) mass is 408 g/mol. The number of benzene rings is 2. The van der Waals surface area contributed by atoms with E-state index in [9.17, 15) is 18.0 Å². The Labute approximate surface area is 167 Å². The topological polar surface area (TPSA) is 42.0 Å². The van der Waals surface area contributed by atoms with Crippen LogP contribution < -0.4 is 9.64 Å². The Kier molecular flexibility index (Phi) is 6.64. The molecule has 3 rings (SSSR count). The standard InChI is InChI=1S/C21H23F3N2O3/c1-25(14-16-2-6-18(7-3-16)26-10-12-28-13-11-26)20(27)15-29-19-8-4-17(5-9-19)21(22,23)24/h2-9H,10-15H2,1H3. The summed E-state index contributed by atoms with van der Waals surface area (Å²) in [5.41, 5.74) is 1.35. The van der Waals surface area contributed by atoms with Crippen molar-refractivity contribution in [3.05, 3.63) is 59.7 Å².